The highest BCUT2D eigenvalue weighted by atomic mass is 32.1. The van der Waals surface area contributed by atoms with Crippen LogP contribution in [0, 0.1) is 6.92 Å². The number of rotatable bonds is 5. The number of carboxylic acids is 1. The molecule has 0 fully saturated rings. The number of hydrogen-bond donors (Lipinski definition) is 2. The summed E-state index contributed by atoms with van der Waals surface area (Å²) in [5.74, 6) is -0.934. The first-order valence-corrected chi connectivity index (χ1v) is 6.54. The number of carbonyl (C=O) groups is 2. The molecule has 0 saturated heterocycles. The number of nitrogens with zero attached hydrogens (tertiary/aromatic N) is 1. The first kappa shape index (κ1) is 14.0. The Kier molecular flexibility index (Phi) is 4.31. The third-order valence-electron chi connectivity index (χ3n) is 2.30. The average Bonchev–Trinajstić information content (AvgIpc) is 2.84. The van der Waals surface area contributed by atoms with Gasteiger partial charge in [-0.3, -0.25) is 4.79 Å². The molecule has 0 aliphatic heterocycles. The van der Waals surface area contributed by atoms with Gasteiger partial charge in [0.25, 0.3) is 5.91 Å². The smallest absolute Gasteiger partial charge is 0.341 e. The third-order valence-corrected chi connectivity index (χ3v) is 3.21. The number of benzene rings is 1. The topological polar surface area (TPSA) is 88.5 Å². The van der Waals surface area contributed by atoms with Crippen LogP contribution in [0.15, 0.2) is 30.5 Å². The van der Waals surface area contributed by atoms with Gasteiger partial charge in [0.15, 0.2) is 6.61 Å². The monoisotopic (exact) mass is 292 g/mol. The summed E-state index contributed by atoms with van der Waals surface area (Å²) in [6.45, 7) is 1.40. The lowest BCUT2D eigenvalue weighted by atomic mass is 10.3. The molecule has 0 aliphatic carbocycles. The van der Waals surface area contributed by atoms with Crippen molar-refractivity contribution in [1.82, 2.24) is 4.98 Å². The second-order valence-electron chi connectivity index (χ2n) is 3.91. The number of ether oxygens (including phenoxy) is 1. The molecular formula is C13H12N2O4S. The van der Waals surface area contributed by atoms with Crippen molar-refractivity contribution in [2.75, 3.05) is 11.9 Å². The van der Waals surface area contributed by atoms with Crippen LogP contribution in [0.4, 0.5) is 5.69 Å². The predicted molar refractivity (Wildman–Crippen MR) is 74.4 cm³/mol. The quantitative estimate of drug-likeness (QED) is 0.881. The molecule has 0 atom stereocenters. The molecule has 0 radical (unpaired) electrons. The number of aryl methyl sites for hydroxylation is 1. The Morgan fingerprint density at radius 2 is 2.25 bits per heavy atom. The largest absolute Gasteiger partial charge is 0.482 e. The van der Waals surface area contributed by atoms with Crippen LogP contribution in [0.3, 0.4) is 0 Å². The number of aliphatic carboxylic acids is 1. The van der Waals surface area contributed by atoms with Crippen LogP contribution in [0.1, 0.15) is 14.7 Å². The molecule has 2 rings (SSSR count). The number of hydrogen-bond acceptors (Lipinski definition) is 5. The fourth-order valence-corrected chi connectivity index (χ4v) is 2.14. The van der Waals surface area contributed by atoms with Crippen LogP contribution in [-0.4, -0.2) is 28.6 Å². The number of carboxylic acid groups (broad SMARTS) is 1. The van der Waals surface area contributed by atoms with E-state index in [2.05, 4.69) is 10.3 Å². The fraction of sp³-hybridized carbons (Fsp3) is 0.154. The fourth-order valence-electron chi connectivity index (χ4n) is 1.47. The molecule has 0 bridgehead atoms. The number of anilines is 1. The molecule has 20 heavy (non-hydrogen) atoms. The van der Waals surface area contributed by atoms with Crippen molar-refractivity contribution in [3.8, 4) is 5.75 Å². The van der Waals surface area contributed by atoms with Crippen molar-refractivity contribution in [2.24, 2.45) is 0 Å². The SMILES string of the molecule is Cc1ncc(C(=O)Nc2cccc(OCC(=O)O)c2)s1. The number of aromatic nitrogens is 1. The number of amides is 1. The summed E-state index contributed by atoms with van der Waals surface area (Å²) in [6.07, 6.45) is 1.51. The zero-order valence-corrected chi connectivity index (χ0v) is 11.4. The van der Waals surface area contributed by atoms with Crippen molar-refractivity contribution >= 4 is 28.9 Å². The molecule has 0 unspecified atom stereocenters. The van der Waals surface area contributed by atoms with Gasteiger partial charge >= 0.3 is 5.97 Å². The van der Waals surface area contributed by atoms with Crippen LogP contribution in [0.5, 0.6) is 5.75 Å². The molecule has 1 amide bonds. The van der Waals surface area contributed by atoms with Gasteiger partial charge in [0.2, 0.25) is 0 Å². The zero-order valence-electron chi connectivity index (χ0n) is 10.6. The van der Waals surface area contributed by atoms with E-state index in [-0.39, 0.29) is 5.91 Å². The van der Waals surface area contributed by atoms with Crippen molar-refractivity contribution < 1.29 is 19.4 Å². The van der Waals surface area contributed by atoms with E-state index in [1.807, 2.05) is 6.92 Å². The number of carbonyl (C=O) groups excluding carboxylic acids is 1. The van der Waals surface area contributed by atoms with Crippen LogP contribution in [0.25, 0.3) is 0 Å². The van der Waals surface area contributed by atoms with Crippen LogP contribution < -0.4 is 10.1 Å². The summed E-state index contributed by atoms with van der Waals surface area (Å²) in [5.41, 5.74) is 0.531. The molecule has 6 nitrogen and oxygen atoms in total. The lowest BCUT2D eigenvalue weighted by molar-refractivity contribution is -0.139. The molecule has 2 aromatic rings. The Morgan fingerprint density at radius 3 is 2.90 bits per heavy atom. The Balaban J connectivity index is 2.04. The first-order chi connectivity index (χ1) is 9.54. The molecule has 1 aromatic heterocycles. The van der Waals surface area contributed by atoms with E-state index in [1.54, 1.807) is 24.3 Å². The zero-order chi connectivity index (χ0) is 14.5. The Labute approximate surface area is 119 Å². The summed E-state index contributed by atoms with van der Waals surface area (Å²) < 4.78 is 5.04. The lowest BCUT2D eigenvalue weighted by Crippen LogP contribution is -2.11. The molecule has 1 aromatic carbocycles. The maximum absolute atomic E-state index is 11.9. The minimum absolute atomic E-state index is 0.258. The highest BCUT2D eigenvalue weighted by Crippen LogP contribution is 2.19. The highest BCUT2D eigenvalue weighted by Gasteiger charge is 2.09. The Hall–Kier alpha value is -2.41. The third kappa shape index (κ3) is 3.79. The van der Waals surface area contributed by atoms with Gasteiger partial charge in [0.1, 0.15) is 10.6 Å². The van der Waals surface area contributed by atoms with E-state index in [4.69, 9.17) is 9.84 Å². The van der Waals surface area contributed by atoms with Gasteiger partial charge in [-0.15, -0.1) is 11.3 Å². The molecule has 104 valence electrons. The van der Waals surface area contributed by atoms with Crippen molar-refractivity contribution in [1.29, 1.82) is 0 Å². The van der Waals surface area contributed by atoms with E-state index in [1.165, 1.54) is 17.5 Å². The number of thiazole rings is 1. The standard InChI is InChI=1S/C13H12N2O4S/c1-8-14-6-11(20-8)13(18)15-9-3-2-4-10(5-9)19-7-12(16)17/h2-6H,7H2,1H3,(H,15,18)(H,16,17). The van der Waals surface area contributed by atoms with Gasteiger partial charge < -0.3 is 15.2 Å². The van der Waals surface area contributed by atoms with Gasteiger partial charge in [0, 0.05) is 11.8 Å². The molecular weight excluding hydrogens is 280 g/mol. The van der Waals surface area contributed by atoms with Crippen molar-refractivity contribution in [3.63, 3.8) is 0 Å². The van der Waals surface area contributed by atoms with Gasteiger partial charge in [-0.1, -0.05) is 6.07 Å². The van der Waals surface area contributed by atoms with Gasteiger partial charge in [0.05, 0.1) is 11.2 Å². The normalized spacial score (nSPS) is 10.1. The molecule has 0 saturated carbocycles. The van der Waals surface area contributed by atoms with Gasteiger partial charge in [-0.25, -0.2) is 9.78 Å². The van der Waals surface area contributed by atoms with Gasteiger partial charge in [-0.05, 0) is 19.1 Å². The Bertz CT molecular complexity index is 639. The van der Waals surface area contributed by atoms with E-state index in [0.29, 0.717) is 16.3 Å². The molecule has 0 spiro atoms. The van der Waals surface area contributed by atoms with Crippen molar-refractivity contribution in [2.45, 2.75) is 6.92 Å². The Morgan fingerprint density at radius 1 is 1.45 bits per heavy atom. The second kappa shape index (κ2) is 6.16. The van der Waals surface area contributed by atoms with Crippen molar-refractivity contribution in [3.05, 3.63) is 40.3 Å². The summed E-state index contributed by atoms with van der Waals surface area (Å²) in [6, 6.07) is 6.55. The maximum Gasteiger partial charge on any atom is 0.341 e. The molecule has 7 heteroatoms. The van der Waals surface area contributed by atoms with Crippen LogP contribution >= 0.6 is 11.3 Å². The van der Waals surface area contributed by atoms with E-state index in [9.17, 15) is 9.59 Å². The highest BCUT2D eigenvalue weighted by molar-refractivity contribution is 7.13. The second-order valence-corrected chi connectivity index (χ2v) is 5.14. The van der Waals surface area contributed by atoms with E-state index < -0.39 is 12.6 Å². The minimum Gasteiger partial charge on any atom is -0.482 e. The number of nitrogens with one attached hydrogen (secondary N) is 1. The maximum atomic E-state index is 11.9. The van der Waals surface area contributed by atoms with Gasteiger partial charge in [-0.2, -0.15) is 0 Å². The summed E-state index contributed by atoms with van der Waals surface area (Å²) in [4.78, 5) is 26.9. The molecule has 2 N–H and O–H groups in total. The summed E-state index contributed by atoms with van der Waals surface area (Å²) in [7, 11) is 0. The predicted octanol–water partition coefficient (Wildman–Crippen LogP) is 2.17. The minimum atomic E-state index is -1.06. The first-order valence-electron chi connectivity index (χ1n) is 5.73. The average molecular weight is 292 g/mol. The molecule has 1 heterocycles. The van der Waals surface area contributed by atoms with E-state index in [0.717, 1.165) is 5.01 Å². The van der Waals surface area contributed by atoms with Crippen LogP contribution in [-0.2, 0) is 4.79 Å². The lowest BCUT2D eigenvalue weighted by Gasteiger charge is -2.07. The van der Waals surface area contributed by atoms with Crippen LogP contribution in [0.2, 0.25) is 0 Å². The summed E-state index contributed by atoms with van der Waals surface area (Å²) >= 11 is 1.30. The summed E-state index contributed by atoms with van der Waals surface area (Å²) in [5, 5.41) is 12.1. The van der Waals surface area contributed by atoms with E-state index >= 15 is 0 Å². The molecule has 0 aliphatic rings.